The minimum atomic E-state index is -0.775. The molecule has 0 amide bonds. The van der Waals surface area contributed by atoms with Crippen molar-refractivity contribution in [1.82, 2.24) is 19.2 Å². The van der Waals surface area contributed by atoms with Crippen LogP contribution in [0.2, 0.25) is 0 Å². The van der Waals surface area contributed by atoms with Gasteiger partial charge in [0.15, 0.2) is 0 Å². The van der Waals surface area contributed by atoms with E-state index >= 15 is 0 Å². The third-order valence-electron chi connectivity index (χ3n) is 8.92. The average Bonchev–Trinajstić information content (AvgIpc) is 3.52. The Morgan fingerprint density at radius 1 is 1.05 bits per heavy atom. The molecule has 5 rings (SSSR count). The topological polar surface area (TPSA) is 105 Å². The Bertz CT molecular complexity index is 1600. The molecule has 220 valence electrons. The maximum atomic E-state index is 14.2. The first-order valence-corrected chi connectivity index (χ1v) is 15.3. The van der Waals surface area contributed by atoms with E-state index < -0.39 is 5.60 Å². The molecule has 0 atom stereocenters. The maximum absolute atomic E-state index is 14.2. The maximum Gasteiger partial charge on any atom is 0.259 e. The van der Waals surface area contributed by atoms with Gasteiger partial charge in [-0.1, -0.05) is 69.7 Å². The van der Waals surface area contributed by atoms with Crippen LogP contribution in [-0.4, -0.2) is 42.6 Å². The van der Waals surface area contributed by atoms with Crippen molar-refractivity contribution < 1.29 is 9.84 Å². The van der Waals surface area contributed by atoms with Gasteiger partial charge in [-0.15, -0.1) is 0 Å². The molecule has 42 heavy (non-hydrogen) atoms. The number of fused-ring (bicyclic) bond motifs is 1. The molecule has 0 aliphatic heterocycles. The van der Waals surface area contributed by atoms with E-state index in [1.165, 1.54) is 0 Å². The largest absolute Gasteiger partial charge is 0.388 e. The van der Waals surface area contributed by atoms with Crippen LogP contribution >= 0.6 is 0 Å². The smallest absolute Gasteiger partial charge is 0.259 e. The van der Waals surface area contributed by atoms with Gasteiger partial charge < -0.3 is 9.84 Å². The highest BCUT2D eigenvalue weighted by Crippen LogP contribution is 2.32. The third kappa shape index (κ3) is 6.04. The van der Waals surface area contributed by atoms with E-state index in [-0.39, 0.29) is 17.7 Å². The van der Waals surface area contributed by atoms with Crippen LogP contribution in [0.25, 0.3) is 16.9 Å². The molecular weight excluding hydrogens is 526 g/mol. The second-order valence-electron chi connectivity index (χ2n) is 11.5. The van der Waals surface area contributed by atoms with Crippen LogP contribution in [0.5, 0.6) is 0 Å². The lowest BCUT2D eigenvalue weighted by Gasteiger charge is -2.33. The van der Waals surface area contributed by atoms with Gasteiger partial charge in [0.2, 0.25) is 5.78 Å². The molecule has 1 saturated carbocycles. The molecule has 0 unspecified atom stereocenters. The fourth-order valence-corrected chi connectivity index (χ4v) is 6.11. The Kier molecular flexibility index (Phi) is 9.20. The van der Waals surface area contributed by atoms with Gasteiger partial charge in [-0.25, -0.2) is 4.52 Å². The second-order valence-corrected chi connectivity index (χ2v) is 11.5. The zero-order chi connectivity index (χ0) is 29.7. The molecule has 4 aromatic rings. The zero-order valence-corrected chi connectivity index (χ0v) is 24.9. The fourth-order valence-electron chi connectivity index (χ4n) is 6.11. The standard InChI is InChI=1S/C34H41N5O3/c1-4-9-31-30(20-24-12-14-25(15-13-24)29-11-8-7-10-26(29)21-35)32(40)38(33-36-23-37-39(31)33)27-16-18-28(19-17-27)42-22-34(41,5-2)6-3/h7-8,10-15,23,27-28,41H,4-6,9,16-20,22H2,1-3H3. The number of benzene rings is 2. The summed E-state index contributed by atoms with van der Waals surface area (Å²) in [7, 11) is 0. The van der Waals surface area contributed by atoms with E-state index in [1.807, 2.05) is 71.5 Å². The third-order valence-corrected chi connectivity index (χ3v) is 8.92. The first kappa shape index (κ1) is 29.7. The van der Waals surface area contributed by atoms with Crippen LogP contribution in [0.1, 0.15) is 94.1 Å². The molecule has 2 heterocycles. The Morgan fingerprint density at radius 2 is 1.76 bits per heavy atom. The van der Waals surface area contributed by atoms with Crippen LogP contribution in [0.3, 0.4) is 0 Å². The van der Waals surface area contributed by atoms with Crippen LogP contribution in [0.4, 0.5) is 0 Å². The molecule has 1 fully saturated rings. The first-order chi connectivity index (χ1) is 20.4. The number of nitrogens with zero attached hydrogens (tertiary/aromatic N) is 5. The number of hydrogen-bond acceptors (Lipinski definition) is 6. The number of ether oxygens (including phenoxy) is 1. The summed E-state index contributed by atoms with van der Waals surface area (Å²) in [6.07, 6.45) is 8.36. The van der Waals surface area contributed by atoms with Crippen LogP contribution < -0.4 is 5.56 Å². The number of aliphatic hydroxyl groups is 1. The average molecular weight is 568 g/mol. The van der Waals surface area contributed by atoms with Crippen molar-refractivity contribution in [3.8, 4) is 17.2 Å². The molecule has 1 aliphatic carbocycles. The Morgan fingerprint density at radius 3 is 2.43 bits per heavy atom. The number of nitriles is 1. The molecule has 0 saturated heterocycles. The van der Waals surface area contributed by atoms with Gasteiger partial charge in [0.1, 0.15) is 6.33 Å². The van der Waals surface area contributed by atoms with E-state index in [0.29, 0.717) is 37.2 Å². The van der Waals surface area contributed by atoms with Crippen molar-refractivity contribution >= 4 is 5.78 Å². The minimum Gasteiger partial charge on any atom is -0.388 e. The predicted molar refractivity (Wildman–Crippen MR) is 163 cm³/mol. The highest BCUT2D eigenvalue weighted by Gasteiger charge is 2.30. The lowest BCUT2D eigenvalue weighted by atomic mass is 9.91. The normalized spacial score (nSPS) is 17.4. The summed E-state index contributed by atoms with van der Waals surface area (Å²) < 4.78 is 9.87. The zero-order valence-electron chi connectivity index (χ0n) is 24.9. The molecule has 1 N–H and O–H groups in total. The van der Waals surface area contributed by atoms with E-state index in [0.717, 1.165) is 66.5 Å². The summed E-state index contributed by atoms with van der Waals surface area (Å²) in [5.41, 5.74) is 4.46. The summed E-state index contributed by atoms with van der Waals surface area (Å²) in [4.78, 5) is 18.8. The van der Waals surface area contributed by atoms with Gasteiger partial charge in [-0.2, -0.15) is 15.3 Å². The van der Waals surface area contributed by atoms with Gasteiger partial charge in [0, 0.05) is 18.0 Å². The SMILES string of the molecule is CCCc1c(Cc2ccc(-c3ccccc3C#N)cc2)c(=O)n(C2CCC(OCC(O)(CC)CC)CC2)c2ncnn12. The quantitative estimate of drug-likeness (QED) is 0.237. The number of hydrogen-bond donors (Lipinski definition) is 1. The van der Waals surface area contributed by atoms with E-state index in [9.17, 15) is 15.2 Å². The van der Waals surface area contributed by atoms with Crippen LogP contribution in [-0.2, 0) is 17.6 Å². The van der Waals surface area contributed by atoms with Crippen molar-refractivity contribution in [1.29, 1.82) is 5.26 Å². The predicted octanol–water partition coefficient (Wildman–Crippen LogP) is 6.02. The van der Waals surface area contributed by atoms with Crippen molar-refractivity contribution in [2.24, 2.45) is 0 Å². The first-order valence-electron chi connectivity index (χ1n) is 15.3. The number of aromatic nitrogens is 4. The van der Waals surface area contributed by atoms with Gasteiger partial charge in [-0.05, 0) is 67.7 Å². The highest BCUT2D eigenvalue weighted by atomic mass is 16.5. The van der Waals surface area contributed by atoms with E-state index in [2.05, 4.69) is 23.1 Å². The van der Waals surface area contributed by atoms with E-state index in [1.54, 1.807) is 6.33 Å². The molecule has 0 bridgehead atoms. The lowest BCUT2D eigenvalue weighted by Crippen LogP contribution is -2.37. The van der Waals surface area contributed by atoms with Crippen molar-refractivity contribution in [2.45, 2.75) is 96.3 Å². The lowest BCUT2D eigenvalue weighted by molar-refractivity contribution is -0.0865. The van der Waals surface area contributed by atoms with Gasteiger partial charge >= 0.3 is 0 Å². The monoisotopic (exact) mass is 567 g/mol. The minimum absolute atomic E-state index is 0.00793. The molecule has 1 aliphatic rings. The molecular formula is C34H41N5O3. The molecule has 0 spiro atoms. The van der Waals surface area contributed by atoms with E-state index in [4.69, 9.17) is 4.74 Å². The van der Waals surface area contributed by atoms with Crippen molar-refractivity contribution in [2.75, 3.05) is 6.61 Å². The highest BCUT2D eigenvalue weighted by molar-refractivity contribution is 5.70. The summed E-state index contributed by atoms with van der Waals surface area (Å²) in [5.74, 6) is 0.603. The summed E-state index contributed by atoms with van der Waals surface area (Å²) >= 11 is 0. The van der Waals surface area contributed by atoms with Crippen LogP contribution in [0, 0.1) is 11.3 Å². The molecule has 2 aromatic heterocycles. The van der Waals surface area contributed by atoms with Crippen LogP contribution in [0.15, 0.2) is 59.7 Å². The molecule has 8 heteroatoms. The molecule has 8 nitrogen and oxygen atoms in total. The fraction of sp³-hybridized carbons (Fsp3) is 0.471. The number of rotatable bonds is 11. The second kappa shape index (κ2) is 13.0. The van der Waals surface area contributed by atoms with Crippen molar-refractivity contribution in [3.63, 3.8) is 0 Å². The number of aryl methyl sites for hydroxylation is 1. The van der Waals surface area contributed by atoms with Gasteiger partial charge in [-0.3, -0.25) is 9.36 Å². The molecule has 2 aromatic carbocycles. The van der Waals surface area contributed by atoms with Gasteiger partial charge in [0.05, 0.1) is 35.6 Å². The van der Waals surface area contributed by atoms with Crippen molar-refractivity contribution in [3.05, 3.63) is 87.6 Å². The Hall–Kier alpha value is -3.80. The summed E-state index contributed by atoms with van der Waals surface area (Å²) in [6.45, 7) is 6.43. The Balaban J connectivity index is 1.42. The summed E-state index contributed by atoms with van der Waals surface area (Å²) in [5, 5.41) is 24.7. The van der Waals surface area contributed by atoms with Gasteiger partial charge in [0.25, 0.3) is 5.56 Å². The Labute approximate surface area is 247 Å². The molecule has 0 radical (unpaired) electrons. The summed E-state index contributed by atoms with van der Waals surface area (Å²) in [6, 6.07) is 18.0.